The summed E-state index contributed by atoms with van der Waals surface area (Å²) in [7, 11) is 0. The van der Waals surface area contributed by atoms with Crippen LogP contribution in [-0.2, 0) is 22.4 Å². The quantitative estimate of drug-likeness (QED) is 0.171. The van der Waals surface area contributed by atoms with Crippen molar-refractivity contribution in [1.82, 2.24) is 40.1 Å². The Hall–Kier alpha value is -7.35. The van der Waals surface area contributed by atoms with E-state index in [9.17, 15) is 28.0 Å². The standard InChI is InChI=1S/C21H19FN6O2.C11H9FN2O3.C10H12N4.ClH/c22-15-2-3-16-17(11-15)25-18(26-21(16)30)4-6-20(29)28-9-7-27(8-10-28)19-5-1-14(12-23)13-24-19;12-6-1-2-7-8(5-6)13-9(14-11(7)17)3-4-10(15)16;11-7-9-1-2-10(13-8-9)14-5-3-12-4-6-14;/h1-3,5,11,13H,4,6-10H2,(H,25,26,30);1-2,5H,3-4H2,(H,15,16)(H,13,14,17);1-2,8,12H,3-6H2;1H. The fourth-order valence-corrected chi connectivity index (χ4v) is 6.53. The van der Waals surface area contributed by atoms with Crippen molar-refractivity contribution < 1.29 is 23.5 Å². The molecule has 62 heavy (non-hydrogen) atoms. The molecule has 0 bridgehead atoms. The van der Waals surface area contributed by atoms with Crippen LogP contribution in [0.15, 0.2) is 82.6 Å². The summed E-state index contributed by atoms with van der Waals surface area (Å²) in [6, 6.07) is 18.9. The van der Waals surface area contributed by atoms with Gasteiger partial charge in [0.25, 0.3) is 11.1 Å². The van der Waals surface area contributed by atoms with Gasteiger partial charge in [0.2, 0.25) is 5.91 Å². The van der Waals surface area contributed by atoms with Crippen molar-refractivity contribution in [1.29, 1.82) is 10.5 Å². The fraction of sp³-hybridized carbons (Fsp3) is 0.286. The van der Waals surface area contributed by atoms with Gasteiger partial charge in [-0.25, -0.2) is 28.7 Å². The second kappa shape index (κ2) is 21.8. The number of aliphatic carboxylic acids is 1. The molecule has 4 N–H and O–H groups in total. The van der Waals surface area contributed by atoms with Crippen molar-refractivity contribution >= 4 is 57.7 Å². The lowest BCUT2D eigenvalue weighted by atomic mass is 10.2. The zero-order valence-electron chi connectivity index (χ0n) is 33.2. The molecule has 2 aliphatic heterocycles. The number of hydrogen-bond acceptors (Lipinski definition) is 13. The molecule has 0 atom stereocenters. The molecule has 20 heteroatoms. The van der Waals surface area contributed by atoms with Gasteiger partial charge < -0.3 is 35.1 Å². The van der Waals surface area contributed by atoms with Gasteiger partial charge in [-0.2, -0.15) is 10.5 Å². The molecule has 2 saturated heterocycles. The number of halogens is 3. The number of hydrogen-bond donors (Lipinski definition) is 4. The molecule has 1 amide bonds. The van der Waals surface area contributed by atoms with Gasteiger partial charge in [-0.05, 0) is 48.5 Å². The number of amides is 1. The summed E-state index contributed by atoms with van der Waals surface area (Å²) in [6.45, 7) is 6.39. The first-order chi connectivity index (χ1) is 29.5. The number of nitrogens with one attached hydrogen (secondary N) is 3. The lowest BCUT2D eigenvalue weighted by Crippen LogP contribution is -2.49. The van der Waals surface area contributed by atoms with E-state index in [2.05, 4.69) is 51.1 Å². The minimum absolute atomic E-state index is 0. The molecular formula is C42H41ClF2N12O5. The molecule has 6 heterocycles. The highest BCUT2D eigenvalue weighted by Gasteiger charge is 2.22. The molecule has 0 saturated carbocycles. The lowest BCUT2D eigenvalue weighted by Gasteiger charge is -2.35. The van der Waals surface area contributed by atoms with Crippen LogP contribution in [0.5, 0.6) is 0 Å². The molecule has 2 aromatic carbocycles. The van der Waals surface area contributed by atoms with Crippen molar-refractivity contribution in [2.45, 2.75) is 25.7 Å². The van der Waals surface area contributed by atoms with Gasteiger partial charge in [0.15, 0.2) is 0 Å². The molecule has 4 aromatic heterocycles. The van der Waals surface area contributed by atoms with Gasteiger partial charge in [0, 0.05) is 96.1 Å². The third-order valence-corrected chi connectivity index (χ3v) is 9.74. The summed E-state index contributed by atoms with van der Waals surface area (Å²) in [5.41, 5.74) is 0.903. The maximum Gasteiger partial charge on any atom is 0.303 e. The number of benzene rings is 2. The van der Waals surface area contributed by atoms with Gasteiger partial charge in [0.05, 0.1) is 39.4 Å². The molecule has 2 aliphatic rings. The smallest absolute Gasteiger partial charge is 0.303 e. The predicted octanol–water partition coefficient (Wildman–Crippen LogP) is 3.47. The van der Waals surface area contributed by atoms with Crippen molar-refractivity contribution in [3.8, 4) is 12.1 Å². The Labute approximate surface area is 359 Å². The molecule has 17 nitrogen and oxygen atoms in total. The Kier molecular flexibility index (Phi) is 16.1. The molecule has 8 rings (SSSR count). The van der Waals surface area contributed by atoms with Crippen molar-refractivity contribution in [2.24, 2.45) is 0 Å². The van der Waals surface area contributed by atoms with Crippen molar-refractivity contribution in [2.75, 3.05) is 62.2 Å². The average molecular weight is 867 g/mol. The van der Waals surface area contributed by atoms with Crippen LogP contribution in [-0.4, -0.2) is 104 Å². The summed E-state index contributed by atoms with van der Waals surface area (Å²) in [5.74, 6) is 0.410. The number of aromatic nitrogens is 6. The minimum Gasteiger partial charge on any atom is -0.481 e. The van der Waals surface area contributed by atoms with Gasteiger partial charge >= 0.3 is 5.97 Å². The van der Waals surface area contributed by atoms with E-state index >= 15 is 0 Å². The number of H-pyrrole nitrogens is 2. The maximum atomic E-state index is 13.4. The van der Waals surface area contributed by atoms with Crippen LogP contribution >= 0.6 is 12.4 Å². The largest absolute Gasteiger partial charge is 0.481 e. The molecule has 6 aromatic rings. The van der Waals surface area contributed by atoms with Crippen LogP contribution in [0.1, 0.15) is 35.6 Å². The van der Waals surface area contributed by atoms with Crippen LogP contribution in [0.3, 0.4) is 0 Å². The monoisotopic (exact) mass is 866 g/mol. The summed E-state index contributed by atoms with van der Waals surface area (Å²) in [4.78, 5) is 74.7. The SMILES string of the molecule is Cl.N#Cc1ccc(N2CCN(C(=O)CCc3nc4cc(F)ccc4c(=O)[nH]3)CC2)nc1.N#Cc1ccc(N2CCNCC2)nc1.O=C(O)CCc1nc2cc(F)ccc2c(=O)[nH]1. The van der Waals surface area contributed by atoms with Gasteiger partial charge in [-0.15, -0.1) is 12.4 Å². The molecule has 0 radical (unpaired) electrons. The topological polar surface area (TPSA) is 241 Å². The van der Waals surface area contributed by atoms with E-state index in [-0.39, 0.29) is 71.8 Å². The summed E-state index contributed by atoms with van der Waals surface area (Å²) >= 11 is 0. The zero-order chi connectivity index (χ0) is 43.3. The minimum atomic E-state index is -0.980. The van der Waals surface area contributed by atoms with Gasteiger partial charge in [-0.3, -0.25) is 19.2 Å². The normalized spacial score (nSPS) is 13.4. The van der Waals surface area contributed by atoms with Crippen molar-refractivity contribution in [3.63, 3.8) is 0 Å². The number of piperazine rings is 2. The van der Waals surface area contributed by atoms with Crippen LogP contribution < -0.4 is 26.2 Å². The van der Waals surface area contributed by atoms with Gasteiger partial charge in [0.1, 0.15) is 47.1 Å². The fourth-order valence-electron chi connectivity index (χ4n) is 6.53. The number of carbonyl (C=O) groups excluding carboxylic acids is 1. The Bertz CT molecular complexity index is 2710. The zero-order valence-corrected chi connectivity index (χ0v) is 34.0. The number of aromatic amines is 2. The van der Waals surface area contributed by atoms with Crippen LogP contribution in [0.4, 0.5) is 20.4 Å². The van der Waals surface area contributed by atoms with E-state index in [0.29, 0.717) is 48.5 Å². The van der Waals surface area contributed by atoms with E-state index in [1.165, 1.54) is 36.5 Å². The molecule has 320 valence electrons. The number of rotatable bonds is 8. The number of fused-ring (bicyclic) bond motifs is 2. The maximum absolute atomic E-state index is 13.4. The molecular weight excluding hydrogens is 826 g/mol. The summed E-state index contributed by atoms with van der Waals surface area (Å²) in [6.07, 6.45) is 3.62. The first-order valence-electron chi connectivity index (χ1n) is 19.3. The summed E-state index contributed by atoms with van der Waals surface area (Å²) < 4.78 is 26.4. The Balaban J connectivity index is 0.000000192. The van der Waals surface area contributed by atoms with Crippen molar-refractivity contribution in [3.05, 3.63) is 128 Å². The molecule has 0 aliphatic carbocycles. The molecule has 2 fully saturated rings. The average Bonchev–Trinajstić information content (AvgIpc) is 3.28. The number of anilines is 2. The van der Waals surface area contributed by atoms with Gasteiger partial charge in [-0.1, -0.05) is 0 Å². The second-order valence-electron chi connectivity index (χ2n) is 13.9. The number of carboxylic acid groups (broad SMARTS) is 1. The Morgan fingerprint density at radius 3 is 1.58 bits per heavy atom. The number of aryl methyl sites for hydroxylation is 2. The third kappa shape index (κ3) is 12.3. The number of pyridine rings is 2. The Morgan fingerprint density at radius 1 is 0.677 bits per heavy atom. The first kappa shape index (κ1) is 45.7. The van der Waals surface area contributed by atoms with E-state index in [1.807, 2.05) is 18.2 Å². The number of nitrogens with zero attached hydrogens (tertiary/aromatic N) is 9. The van der Waals surface area contributed by atoms with E-state index in [4.69, 9.17) is 15.6 Å². The van der Waals surface area contributed by atoms with E-state index < -0.39 is 23.2 Å². The first-order valence-corrected chi connectivity index (χ1v) is 19.3. The Morgan fingerprint density at radius 2 is 1.15 bits per heavy atom. The highest BCUT2D eigenvalue weighted by Crippen LogP contribution is 2.16. The highest BCUT2D eigenvalue weighted by molar-refractivity contribution is 5.85. The third-order valence-electron chi connectivity index (χ3n) is 9.74. The van der Waals surface area contributed by atoms with Crippen LogP contribution in [0.2, 0.25) is 0 Å². The molecule has 0 unspecified atom stereocenters. The van der Waals surface area contributed by atoms with Crippen LogP contribution in [0, 0.1) is 34.3 Å². The number of carboxylic acids is 1. The highest BCUT2D eigenvalue weighted by atomic mass is 35.5. The van der Waals surface area contributed by atoms with E-state index in [0.717, 1.165) is 43.9 Å². The molecule has 0 spiro atoms. The summed E-state index contributed by atoms with van der Waals surface area (Å²) in [5, 5.41) is 29.9. The number of carbonyl (C=O) groups is 2. The van der Waals surface area contributed by atoms with Crippen LogP contribution in [0.25, 0.3) is 21.8 Å². The second-order valence-corrected chi connectivity index (χ2v) is 13.9. The van der Waals surface area contributed by atoms with E-state index in [1.54, 1.807) is 23.2 Å². The lowest BCUT2D eigenvalue weighted by molar-refractivity contribution is -0.137. The predicted molar refractivity (Wildman–Crippen MR) is 228 cm³/mol. The number of nitriles is 2.